The Balaban J connectivity index is 1.55. The van der Waals surface area contributed by atoms with E-state index in [4.69, 9.17) is 13.7 Å². The van der Waals surface area contributed by atoms with Crippen molar-refractivity contribution in [3.05, 3.63) is 71.8 Å². The summed E-state index contributed by atoms with van der Waals surface area (Å²) >= 11 is 0. The third-order valence-electron chi connectivity index (χ3n) is 6.83. The van der Waals surface area contributed by atoms with Crippen molar-refractivity contribution in [3.63, 3.8) is 0 Å². The lowest BCUT2D eigenvalue weighted by molar-refractivity contribution is -0.130. The highest BCUT2D eigenvalue weighted by atomic mass is 32.2. The van der Waals surface area contributed by atoms with Crippen LogP contribution in [0.3, 0.4) is 0 Å². The highest BCUT2D eigenvalue weighted by molar-refractivity contribution is 7.87. The summed E-state index contributed by atoms with van der Waals surface area (Å²) in [6.07, 6.45) is -3.92. The van der Waals surface area contributed by atoms with Crippen LogP contribution >= 0.6 is 0 Å². The molecule has 0 spiro atoms. The first-order valence-electron chi connectivity index (χ1n) is 12.6. The van der Waals surface area contributed by atoms with Crippen molar-refractivity contribution in [1.29, 1.82) is 0 Å². The molecule has 7 nitrogen and oxygen atoms in total. The fourth-order valence-electron chi connectivity index (χ4n) is 5.16. The van der Waals surface area contributed by atoms with Crippen LogP contribution in [-0.4, -0.2) is 40.1 Å². The van der Waals surface area contributed by atoms with Crippen LogP contribution < -0.4 is 23.9 Å². The summed E-state index contributed by atoms with van der Waals surface area (Å²) in [5, 5.41) is 3.58. The summed E-state index contributed by atoms with van der Waals surface area (Å²) in [5.41, 5.74) is 6.26. The second-order valence-corrected chi connectivity index (χ2v) is 11.9. The highest BCUT2D eigenvalue weighted by Gasteiger charge is 2.37. The summed E-state index contributed by atoms with van der Waals surface area (Å²) in [6.45, 7) is 4.73. The van der Waals surface area contributed by atoms with Crippen LogP contribution in [0.4, 0.5) is 24.5 Å². The van der Waals surface area contributed by atoms with Crippen molar-refractivity contribution in [2.75, 3.05) is 30.2 Å². The van der Waals surface area contributed by atoms with E-state index in [0.29, 0.717) is 17.9 Å². The van der Waals surface area contributed by atoms with Gasteiger partial charge in [0.05, 0.1) is 37.6 Å². The van der Waals surface area contributed by atoms with Crippen LogP contribution in [0.25, 0.3) is 16.8 Å². The average Bonchev–Trinajstić information content (AvgIpc) is 3.26. The number of nitrogens with one attached hydrogen (secondary N) is 1. The number of nitrogens with zero attached hydrogens (tertiary/aromatic N) is 1. The Morgan fingerprint density at radius 2 is 1.68 bits per heavy atom. The molecule has 0 radical (unpaired) electrons. The molecule has 40 heavy (non-hydrogen) atoms. The molecule has 0 atom stereocenters. The fourth-order valence-corrected chi connectivity index (χ4v) is 6.12. The third-order valence-corrected chi connectivity index (χ3v) is 7.98. The summed E-state index contributed by atoms with van der Waals surface area (Å²) in [6, 6.07) is 16.2. The zero-order valence-corrected chi connectivity index (χ0v) is 23.2. The van der Waals surface area contributed by atoms with Gasteiger partial charge in [0.25, 0.3) is 0 Å². The number of benzene rings is 3. The molecule has 0 aromatic heterocycles. The van der Waals surface area contributed by atoms with Gasteiger partial charge in [0.15, 0.2) is 0 Å². The summed E-state index contributed by atoms with van der Waals surface area (Å²) in [7, 11) is -1.38. The predicted octanol–water partition coefficient (Wildman–Crippen LogP) is 6.60. The Labute approximate surface area is 231 Å². The molecule has 3 aromatic carbocycles. The van der Waals surface area contributed by atoms with Gasteiger partial charge in [-0.25, -0.2) is 0 Å². The van der Waals surface area contributed by atoms with Crippen molar-refractivity contribution in [2.24, 2.45) is 0 Å². The number of ether oxygens (including phenoxy) is 2. The molecule has 3 aromatic rings. The van der Waals surface area contributed by atoms with Gasteiger partial charge in [-0.1, -0.05) is 18.2 Å². The van der Waals surface area contributed by atoms with Crippen LogP contribution in [-0.2, 0) is 16.7 Å². The maximum atomic E-state index is 12.5. The molecular formula is C29H29F3N2O5S. The van der Waals surface area contributed by atoms with Gasteiger partial charge in [0, 0.05) is 35.1 Å². The molecule has 5 rings (SSSR count). The summed E-state index contributed by atoms with van der Waals surface area (Å²) in [5.74, 6) is -0.240. The van der Waals surface area contributed by atoms with E-state index >= 15 is 0 Å². The SMILES string of the molecule is COc1cc(OS(=O)(=O)CCC(F)(F)F)ccc1-c1ccc2c3c1CN(c1ccccc1OC)C3=CC(C)(C)N2. The van der Waals surface area contributed by atoms with Crippen LogP contribution in [0.2, 0.25) is 0 Å². The number of rotatable bonds is 8. The monoisotopic (exact) mass is 574 g/mol. The smallest absolute Gasteiger partial charge is 0.390 e. The number of anilines is 2. The zero-order valence-electron chi connectivity index (χ0n) is 22.4. The Morgan fingerprint density at radius 3 is 2.38 bits per heavy atom. The average molecular weight is 575 g/mol. The lowest BCUT2D eigenvalue weighted by Gasteiger charge is -2.33. The first-order valence-corrected chi connectivity index (χ1v) is 14.1. The molecule has 212 valence electrons. The van der Waals surface area contributed by atoms with Crippen LogP contribution in [0.1, 0.15) is 31.4 Å². The van der Waals surface area contributed by atoms with Crippen LogP contribution in [0, 0.1) is 0 Å². The number of halogens is 3. The van der Waals surface area contributed by atoms with E-state index in [1.54, 1.807) is 13.2 Å². The summed E-state index contributed by atoms with van der Waals surface area (Å²) < 4.78 is 78.1. The van der Waals surface area contributed by atoms with Gasteiger partial charge in [0.1, 0.15) is 17.2 Å². The quantitative estimate of drug-likeness (QED) is 0.304. The number of hydrogen-bond acceptors (Lipinski definition) is 7. The molecule has 0 fully saturated rings. The molecule has 0 bridgehead atoms. The van der Waals surface area contributed by atoms with E-state index in [9.17, 15) is 21.6 Å². The minimum absolute atomic E-state index is 0.128. The Morgan fingerprint density at radius 1 is 0.975 bits per heavy atom. The first kappa shape index (κ1) is 27.7. The molecule has 11 heteroatoms. The molecule has 2 heterocycles. The zero-order chi connectivity index (χ0) is 28.9. The molecule has 0 saturated carbocycles. The number of hydrogen-bond donors (Lipinski definition) is 1. The van der Waals surface area contributed by atoms with Crippen molar-refractivity contribution in [2.45, 2.75) is 38.5 Å². The topological polar surface area (TPSA) is 77.1 Å². The Bertz CT molecular complexity index is 1600. The van der Waals surface area contributed by atoms with Gasteiger partial charge in [0.2, 0.25) is 0 Å². The van der Waals surface area contributed by atoms with Crippen molar-refractivity contribution in [3.8, 4) is 28.4 Å². The molecule has 0 saturated heterocycles. The van der Waals surface area contributed by atoms with E-state index in [-0.39, 0.29) is 11.3 Å². The van der Waals surface area contributed by atoms with Crippen molar-refractivity contribution < 1.29 is 35.2 Å². The van der Waals surface area contributed by atoms with Gasteiger partial charge in [-0.15, -0.1) is 0 Å². The maximum absolute atomic E-state index is 12.5. The minimum Gasteiger partial charge on any atom is -0.496 e. The van der Waals surface area contributed by atoms with Crippen LogP contribution in [0.15, 0.2) is 60.7 Å². The van der Waals surface area contributed by atoms with E-state index in [2.05, 4.69) is 30.1 Å². The number of methoxy groups -OCH3 is 2. The molecule has 2 aliphatic rings. The second-order valence-electron chi connectivity index (χ2n) is 10.2. The lowest BCUT2D eigenvalue weighted by Crippen LogP contribution is -2.33. The Kier molecular flexibility index (Phi) is 6.89. The minimum atomic E-state index is -4.61. The van der Waals surface area contributed by atoms with E-state index < -0.39 is 28.5 Å². The molecule has 2 aliphatic heterocycles. The van der Waals surface area contributed by atoms with Gasteiger partial charge in [-0.3, -0.25) is 0 Å². The van der Waals surface area contributed by atoms with Gasteiger partial charge < -0.3 is 23.9 Å². The van der Waals surface area contributed by atoms with E-state index in [0.717, 1.165) is 39.5 Å². The first-order chi connectivity index (χ1) is 18.8. The highest BCUT2D eigenvalue weighted by Crippen LogP contribution is 2.51. The lowest BCUT2D eigenvalue weighted by atomic mass is 9.89. The van der Waals surface area contributed by atoms with Crippen molar-refractivity contribution >= 4 is 27.2 Å². The van der Waals surface area contributed by atoms with Gasteiger partial charge >= 0.3 is 16.3 Å². The molecular weight excluding hydrogens is 545 g/mol. The maximum Gasteiger partial charge on any atom is 0.390 e. The van der Waals surface area contributed by atoms with Gasteiger partial charge in [-0.05, 0) is 61.4 Å². The normalized spacial score (nSPS) is 15.7. The Hall–Kier alpha value is -3.86. The van der Waals surface area contributed by atoms with Crippen LogP contribution in [0.5, 0.6) is 17.2 Å². The van der Waals surface area contributed by atoms with Crippen molar-refractivity contribution in [1.82, 2.24) is 0 Å². The largest absolute Gasteiger partial charge is 0.496 e. The fraction of sp³-hybridized carbons (Fsp3) is 0.310. The third kappa shape index (κ3) is 5.42. The predicted molar refractivity (Wildman–Crippen MR) is 148 cm³/mol. The summed E-state index contributed by atoms with van der Waals surface area (Å²) in [4.78, 5) is 2.20. The molecule has 0 amide bonds. The van der Waals surface area contributed by atoms with E-state index in [1.807, 2.05) is 36.4 Å². The number of para-hydroxylation sites is 2. The molecule has 0 aliphatic carbocycles. The second kappa shape index (κ2) is 9.96. The van der Waals surface area contributed by atoms with Gasteiger partial charge in [-0.2, -0.15) is 21.6 Å². The standard InChI is InChI=1S/C29H29F3N2O5S/c1-28(2)16-24-27-21(17-34(24)23-7-5-6-8-25(23)37-3)19(11-12-22(27)33-28)20-10-9-18(15-26(20)38-4)39-40(35,36)14-13-29(30,31)32/h5-12,15-16,33H,13-14,17H2,1-4H3. The number of alkyl halides is 3. The van der Waals surface area contributed by atoms with E-state index in [1.165, 1.54) is 19.2 Å². The molecule has 0 unspecified atom stereocenters. The molecule has 1 N–H and O–H groups in total.